The Kier molecular flexibility index (Phi) is 10.1. The van der Waals surface area contributed by atoms with Crippen LogP contribution in [0.3, 0.4) is 0 Å². The molecule has 0 aliphatic rings. The molecule has 0 spiro atoms. The van der Waals surface area contributed by atoms with Crippen molar-refractivity contribution in [2.24, 2.45) is 5.92 Å². The average molecular weight is 302 g/mol. The van der Waals surface area contributed by atoms with E-state index in [-0.39, 0.29) is 15.8 Å². The Hall–Kier alpha value is 0.0800. The van der Waals surface area contributed by atoms with Crippen LogP contribution in [0.5, 0.6) is 0 Å². The van der Waals surface area contributed by atoms with E-state index in [0.717, 1.165) is 25.7 Å². The van der Waals surface area contributed by atoms with Crippen molar-refractivity contribution in [2.75, 3.05) is 6.61 Å². The highest BCUT2D eigenvalue weighted by molar-refractivity contribution is 6.56. The number of halogens is 3. The van der Waals surface area contributed by atoms with E-state index in [0.29, 0.717) is 6.61 Å². The summed E-state index contributed by atoms with van der Waals surface area (Å²) in [5.41, 5.74) is 0. The fraction of sp³-hybridized carbons (Fsp3) is 0.750. The summed E-state index contributed by atoms with van der Waals surface area (Å²) in [6.07, 6.45) is 5.38. The van der Waals surface area contributed by atoms with Gasteiger partial charge in [-0.2, -0.15) is 0 Å². The number of carbonyl (C=O) groups is 1. The molecule has 0 bridgehead atoms. The lowest BCUT2D eigenvalue weighted by molar-refractivity contribution is -0.146. The molecule has 0 radical (unpaired) electrons. The second-order valence-corrected chi connectivity index (χ2v) is 5.31. The van der Waals surface area contributed by atoms with E-state index in [9.17, 15) is 4.79 Å². The molecule has 0 aromatic heterocycles. The molecule has 0 aromatic carbocycles. The summed E-state index contributed by atoms with van der Waals surface area (Å²) in [6, 6.07) is 0. The zero-order chi connectivity index (χ0) is 13.3. The summed E-state index contributed by atoms with van der Waals surface area (Å²) in [5, 5.41) is -0.326. The van der Waals surface area contributed by atoms with Gasteiger partial charge in [0.25, 0.3) is 0 Å². The SMILES string of the molecule is CCCCC[C@H](Cl)[C@@H](C=C(Cl)Cl)C(=O)OCC. The standard InChI is InChI=1S/C12H19Cl3O2/c1-3-5-6-7-10(13)9(8-11(14)15)12(16)17-4-2/h8-10H,3-7H2,1-2H3/t9-,10+/m1/s1. The number of ether oxygens (including phenoxy) is 1. The van der Waals surface area contributed by atoms with Gasteiger partial charge < -0.3 is 4.74 Å². The van der Waals surface area contributed by atoms with Crippen molar-refractivity contribution < 1.29 is 9.53 Å². The zero-order valence-corrected chi connectivity index (χ0v) is 12.5. The number of alkyl halides is 1. The second kappa shape index (κ2) is 10.0. The molecule has 5 heteroatoms. The minimum atomic E-state index is -0.571. The minimum absolute atomic E-state index is 0.0456. The zero-order valence-electron chi connectivity index (χ0n) is 10.2. The normalized spacial score (nSPS) is 13.9. The molecule has 100 valence electrons. The van der Waals surface area contributed by atoms with Crippen molar-refractivity contribution in [3.05, 3.63) is 10.6 Å². The third kappa shape index (κ3) is 7.91. The van der Waals surface area contributed by atoms with Crippen LogP contribution in [0.1, 0.15) is 39.5 Å². The smallest absolute Gasteiger partial charge is 0.314 e. The molecular formula is C12H19Cl3O2. The van der Waals surface area contributed by atoms with Crippen LogP contribution in [0.15, 0.2) is 10.6 Å². The quantitative estimate of drug-likeness (QED) is 0.370. The van der Waals surface area contributed by atoms with Crippen molar-refractivity contribution >= 4 is 40.8 Å². The topological polar surface area (TPSA) is 26.3 Å². The average Bonchev–Trinajstić information content (AvgIpc) is 2.26. The van der Waals surface area contributed by atoms with Crippen LogP contribution in [0.25, 0.3) is 0 Å². The molecule has 0 aromatic rings. The Morgan fingerprint density at radius 2 is 1.94 bits per heavy atom. The first-order valence-electron chi connectivity index (χ1n) is 5.86. The number of unbranched alkanes of at least 4 members (excludes halogenated alkanes) is 2. The number of carbonyl (C=O) groups excluding carboxylic acids is 1. The van der Waals surface area contributed by atoms with E-state index in [4.69, 9.17) is 39.5 Å². The highest BCUT2D eigenvalue weighted by Crippen LogP contribution is 2.24. The molecule has 0 rings (SSSR count). The van der Waals surface area contributed by atoms with Crippen LogP contribution in [0.4, 0.5) is 0 Å². The van der Waals surface area contributed by atoms with E-state index < -0.39 is 5.92 Å². The predicted octanol–water partition coefficient (Wildman–Crippen LogP) is 4.67. The number of rotatable bonds is 8. The fourth-order valence-electron chi connectivity index (χ4n) is 1.46. The molecule has 2 atom stereocenters. The molecular weight excluding hydrogens is 282 g/mol. The lowest BCUT2D eigenvalue weighted by atomic mass is 10.0. The Morgan fingerprint density at radius 1 is 1.29 bits per heavy atom. The van der Waals surface area contributed by atoms with Gasteiger partial charge in [-0.15, -0.1) is 11.6 Å². The van der Waals surface area contributed by atoms with Crippen LogP contribution in [-0.2, 0) is 9.53 Å². The van der Waals surface area contributed by atoms with Crippen molar-refractivity contribution in [1.82, 2.24) is 0 Å². The van der Waals surface area contributed by atoms with Gasteiger partial charge in [-0.05, 0) is 19.4 Å². The van der Waals surface area contributed by atoms with Gasteiger partial charge in [0.05, 0.1) is 17.9 Å². The van der Waals surface area contributed by atoms with Gasteiger partial charge in [0, 0.05) is 0 Å². The van der Waals surface area contributed by atoms with E-state index in [1.807, 2.05) is 0 Å². The van der Waals surface area contributed by atoms with Gasteiger partial charge in [-0.1, -0.05) is 49.4 Å². The minimum Gasteiger partial charge on any atom is -0.465 e. The van der Waals surface area contributed by atoms with E-state index in [1.54, 1.807) is 6.92 Å². The maximum atomic E-state index is 11.7. The van der Waals surface area contributed by atoms with Crippen molar-refractivity contribution in [2.45, 2.75) is 44.9 Å². The Labute approximate surface area is 118 Å². The van der Waals surface area contributed by atoms with Gasteiger partial charge >= 0.3 is 5.97 Å². The lowest BCUT2D eigenvalue weighted by Crippen LogP contribution is -2.25. The molecule has 0 aliphatic heterocycles. The van der Waals surface area contributed by atoms with Crippen LogP contribution in [-0.4, -0.2) is 18.0 Å². The molecule has 0 aliphatic carbocycles. The fourth-order valence-corrected chi connectivity index (χ4v) is 2.06. The number of esters is 1. The maximum Gasteiger partial charge on any atom is 0.314 e. The van der Waals surface area contributed by atoms with Gasteiger partial charge in [-0.25, -0.2) is 0 Å². The van der Waals surface area contributed by atoms with Crippen molar-refractivity contribution in [3.63, 3.8) is 0 Å². The molecule has 2 nitrogen and oxygen atoms in total. The summed E-state index contributed by atoms with van der Waals surface area (Å²) in [5.74, 6) is -0.943. The van der Waals surface area contributed by atoms with Crippen LogP contribution < -0.4 is 0 Å². The van der Waals surface area contributed by atoms with Crippen LogP contribution >= 0.6 is 34.8 Å². The summed E-state index contributed by atoms with van der Waals surface area (Å²) in [4.78, 5) is 11.7. The van der Waals surface area contributed by atoms with Crippen molar-refractivity contribution in [1.29, 1.82) is 0 Å². The third-order valence-electron chi connectivity index (χ3n) is 2.34. The number of hydrogen-bond donors (Lipinski definition) is 0. The maximum absolute atomic E-state index is 11.7. The Balaban J connectivity index is 4.45. The van der Waals surface area contributed by atoms with E-state index >= 15 is 0 Å². The van der Waals surface area contributed by atoms with Gasteiger partial charge in [0.15, 0.2) is 0 Å². The summed E-state index contributed by atoms with van der Waals surface area (Å²) >= 11 is 17.4. The van der Waals surface area contributed by atoms with Gasteiger partial charge in [0.1, 0.15) is 4.49 Å². The first-order chi connectivity index (χ1) is 8.02. The van der Waals surface area contributed by atoms with Gasteiger partial charge in [0.2, 0.25) is 0 Å². The largest absolute Gasteiger partial charge is 0.465 e. The second-order valence-electron chi connectivity index (χ2n) is 3.75. The highest BCUT2D eigenvalue weighted by atomic mass is 35.5. The molecule has 0 heterocycles. The van der Waals surface area contributed by atoms with Gasteiger partial charge in [-0.3, -0.25) is 4.79 Å². The van der Waals surface area contributed by atoms with Crippen LogP contribution in [0, 0.1) is 5.92 Å². The first kappa shape index (κ1) is 17.1. The third-order valence-corrected chi connectivity index (χ3v) is 3.08. The predicted molar refractivity (Wildman–Crippen MR) is 73.7 cm³/mol. The number of hydrogen-bond acceptors (Lipinski definition) is 2. The molecule has 0 saturated heterocycles. The lowest BCUT2D eigenvalue weighted by Gasteiger charge is -2.17. The van der Waals surface area contributed by atoms with E-state index in [2.05, 4.69) is 6.92 Å². The van der Waals surface area contributed by atoms with E-state index in [1.165, 1.54) is 6.08 Å². The molecule has 0 unspecified atom stereocenters. The molecule has 0 amide bonds. The molecule has 0 N–H and O–H groups in total. The Morgan fingerprint density at radius 3 is 2.41 bits per heavy atom. The Bertz CT molecular complexity index is 250. The highest BCUT2D eigenvalue weighted by Gasteiger charge is 2.26. The monoisotopic (exact) mass is 300 g/mol. The first-order valence-corrected chi connectivity index (χ1v) is 7.05. The molecule has 0 saturated carbocycles. The summed E-state index contributed by atoms with van der Waals surface area (Å²) < 4.78 is 4.99. The van der Waals surface area contributed by atoms with Crippen LogP contribution in [0.2, 0.25) is 0 Å². The van der Waals surface area contributed by atoms with Crippen molar-refractivity contribution in [3.8, 4) is 0 Å². The molecule has 0 fully saturated rings. The summed E-state index contributed by atoms with van der Waals surface area (Å²) in [7, 11) is 0. The molecule has 17 heavy (non-hydrogen) atoms. The summed E-state index contributed by atoms with van der Waals surface area (Å²) in [6.45, 7) is 4.19.